The molecular formula is C27H18Cl2FN3O3S. The maximum atomic E-state index is 14.4. The summed E-state index contributed by atoms with van der Waals surface area (Å²) in [6.45, 7) is -0.232. The summed E-state index contributed by atoms with van der Waals surface area (Å²) >= 11 is 12.9. The van der Waals surface area contributed by atoms with Gasteiger partial charge in [-0.1, -0.05) is 47.5 Å². The van der Waals surface area contributed by atoms with Crippen molar-refractivity contribution in [3.63, 3.8) is 0 Å². The van der Waals surface area contributed by atoms with Crippen LogP contribution in [-0.2, 0) is 16.1 Å². The summed E-state index contributed by atoms with van der Waals surface area (Å²) in [5, 5.41) is 3.77. The van der Waals surface area contributed by atoms with E-state index in [-0.39, 0.29) is 11.4 Å². The van der Waals surface area contributed by atoms with E-state index in [0.29, 0.717) is 26.9 Å². The SMILES string of the molecule is O=C(CN1C(=O)S/C(=C/c2cn(Cc3c(F)cccc3Cl)c3ccccc23)C1=O)Nc1ccc(Cl)cc1. The molecule has 186 valence electrons. The van der Waals surface area contributed by atoms with Gasteiger partial charge in [0.1, 0.15) is 12.4 Å². The molecule has 1 fully saturated rings. The molecule has 0 bridgehead atoms. The van der Waals surface area contributed by atoms with Crippen LogP contribution in [0.2, 0.25) is 10.0 Å². The van der Waals surface area contributed by atoms with Crippen molar-refractivity contribution in [1.29, 1.82) is 0 Å². The lowest BCUT2D eigenvalue weighted by molar-refractivity contribution is -0.127. The molecule has 37 heavy (non-hydrogen) atoms. The Morgan fingerprint density at radius 2 is 1.76 bits per heavy atom. The van der Waals surface area contributed by atoms with Crippen molar-refractivity contribution < 1.29 is 18.8 Å². The average Bonchev–Trinajstić information content (AvgIpc) is 3.35. The second kappa shape index (κ2) is 10.4. The van der Waals surface area contributed by atoms with Crippen molar-refractivity contribution in [2.24, 2.45) is 0 Å². The predicted octanol–water partition coefficient (Wildman–Crippen LogP) is 6.81. The summed E-state index contributed by atoms with van der Waals surface area (Å²) in [6.07, 6.45) is 3.40. The summed E-state index contributed by atoms with van der Waals surface area (Å²) in [6, 6.07) is 18.5. The Balaban J connectivity index is 1.39. The molecule has 0 spiro atoms. The second-order valence-corrected chi connectivity index (χ2v) is 10.1. The molecule has 2 heterocycles. The van der Waals surface area contributed by atoms with Crippen LogP contribution in [0.4, 0.5) is 14.9 Å². The molecule has 0 aliphatic carbocycles. The van der Waals surface area contributed by atoms with Crippen LogP contribution in [0.15, 0.2) is 77.8 Å². The Labute approximate surface area is 225 Å². The molecule has 0 atom stereocenters. The molecule has 0 unspecified atom stereocenters. The van der Waals surface area contributed by atoms with E-state index < -0.39 is 29.4 Å². The monoisotopic (exact) mass is 553 g/mol. The van der Waals surface area contributed by atoms with Gasteiger partial charge >= 0.3 is 0 Å². The highest BCUT2D eigenvalue weighted by Crippen LogP contribution is 2.34. The van der Waals surface area contributed by atoms with Crippen molar-refractivity contribution in [3.8, 4) is 0 Å². The van der Waals surface area contributed by atoms with Gasteiger partial charge in [-0.05, 0) is 60.3 Å². The highest BCUT2D eigenvalue weighted by Gasteiger charge is 2.36. The van der Waals surface area contributed by atoms with Gasteiger partial charge in [-0.25, -0.2) is 4.39 Å². The number of carbonyl (C=O) groups is 3. The first-order valence-corrected chi connectivity index (χ1v) is 12.7. The van der Waals surface area contributed by atoms with Gasteiger partial charge in [-0.2, -0.15) is 0 Å². The number of para-hydroxylation sites is 1. The molecule has 3 amide bonds. The van der Waals surface area contributed by atoms with E-state index in [2.05, 4.69) is 5.32 Å². The number of fused-ring (bicyclic) bond motifs is 1. The third-order valence-corrected chi connectivity index (χ3v) is 7.31. The fourth-order valence-electron chi connectivity index (χ4n) is 4.03. The molecule has 10 heteroatoms. The lowest BCUT2D eigenvalue weighted by Crippen LogP contribution is -2.36. The van der Waals surface area contributed by atoms with Gasteiger partial charge in [-0.3, -0.25) is 19.3 Å². The topological polar surface area (TPSA) is 71.4 Å². The van der Waals surface area contributed by atoms with Crippen LogP contribution in [0.5, 0.6) is 0 Å². The van der Waals surface area contributed by atoms with Gasteiger partial charge < -0.3 is 9.88 Å². The van der Waals surface area contributed by atoms with E-state index in [1.807, 2.05) is 28.8 Å². The Morgan fingerprint density at radius 1 is 1.00 bits per heavy atom. The zero-order chi connectivity index (χ0) is 26.1. The van der Waals surface area contributed by atoms with Crippen molar-refractivity contribution in [2.75, 3.05) is 11.9 Å². The quantitative estimate of drug-likeness (QED) is 0.266. The van der Waals surface area contributed by atoms with E-state index in [9.17, 15) is 18.8 Å². The smallest absolute Gasteiger partial charge is 0.294 e. The Hall–Kier alpha value is -3.59. The van der Waals surface area contributed by atoms with E-state index in [0.717, 1.165) is 27.6 Å². The third-order valence-electron chi connectivity index (χ3n) is 5.80. The number of thioether (sulfide) groups is 1. The van der Waals surface area contributed by atoms with Gasteiger partial charge in [-0.15, -0.1) is 0 Å². The minimum Gasteiger partial charge on any atom is -0.342 e. The summed E-state index contributed by atoms with van der Waals surface area (Å²) in [5.74, 6) is -1.48. The number of carbonyl (C=O) groups excluding carboxylic acids is 3. The number of hydrogen-bond donors (Lipinski definition) is 1. The van der Waals surface area contributed by atoms with Crippen molar-refractivity contribution in [3.05, 3.63) is 105 Å². The summed E-state index contributed by atoms with van der Waals surface area (Å²) < 4.78 is 16.3. The minimum atomic E-state index is -0.560. The number of hydrogen-bond acceptors (Lipinski definition) is 4. The fraction of sp³-hybridized carbons (Fsp3) is 0.0741. The van der Waals surface area contributed by atoms with Gasteiger partial charge in [0.2, 0.25) is 5.91 Å². The van der Waals surface area contributed by atoms with E-state index >= 15 is 0 Å². The normalized spacial score (nSPS) is 14.7. The molecule has 1 saturated heterocycles. The third kappa shape index (κ3) is 5.27. The molecule has 4 aromatic rings. The molecule has 1 aromatic heterocycles. The Bertz CT molecular complexity index is 1560. The Kier molecular flexibility index (Phi) is 7.06. The van der Waals surface area contributed by atoms with Gasteiger partial charge in [0.05, 0.1) is 11.4 Å². The van der Waals surface area contributed by atoms with Crippen LogP contribution >= 0.6 is 35.0 Å². The lowest BCUT2D eigenvalue weighted by atomic mass is 10.1. The summed E-state index contributed by atoms with van der Waals surface area (Å²) in [5.41, 5.74) is 2.34. The zero-order valence-corrected chi connectivity index (χ0v) is 21.4. The molecule has 5 rings (SSSR count). The first kappa shape index (κ1) is 25.1. The minimum absolute atomic E-state index is 0.187. The fourth-order valence-corrected chi connectivity index (χ4v) is 5.21. The number of anilines is 1. The highest BCUT2D eigenvalue weighted by atomic mass is 35.5. The number of amides is 3. The van der Waals surface area contributed by atoms with Crippen LogP contribution in [0.3, 0.4) is 0 Å². The van der Waals surface area contributed by atoms with Crippen molar-refractivity contribution in [1.82, 2.24) is 9.47 Å². The summed E-state index contributed by atoms with van der Waals surface area (Å²) in [7, 11) is 0. The molecule has 1 N–H and O–H groups in total. The summed E-state index contributed by atoms with van der Waals surface area (Å²) in [4.78, 5) is 39.1. The first-order chi connectivity index (χ1) is 17.8. The van der Waals surface area contributed by atoms with Crippen LogP contribution in [0, 0.1) is 5.82 Å². The molecule has 1 aliphatic rings. The van der Waals surface area contributed by atoms with Gasteiger partial charge in [0, 0.05) is 44.0 Å². The zero-order valence-electron chi connectivity index (χ0n) is 19.1. The van der Waals surface area contributed by atoms with E-state index in [4.69, 9.17) is 23.2 Å². The number of nitrogens with one attached hydrogen (secondary N) is 1. The van der Waals surface area contributed by atoms with Crippen LogP contribution in [0.25, 0.3) is 17.0 Å². The molecule has 0 saturated carbocycles. The number of rotatable bonds is 6. The molecular weight excluding hydrogens is 536 g/mol. The molecule has 0 radical (unpaired) electrons. The van der Waals surface area contributed by atoms with Crippen LogP contribution < -0.4 is 5.32 Å². The van der Waals surface area contributed by atoms with Crippen LogP contribution in [-0.4, -0.2) is 33.1 Å². The number of aromatic nitrogens is 1. The maximum Gasteiger partial charge on any atom is 0.294 e. The van der Waals surface area contributed by atoms with Crippen molar-refractivity contribution in [2.45, 2.75) is 6.54 Å². The largest absolute Gasteiger partial charge is 0.342 e. The molecule has 3 aromatic carbocycles. The average molecular weight is 554 g/mol. The second-order valence-electron chi connectivity index (χ2n) is 8.25. The Morgan fingerprint density at radius 3 is 2.51 bits per heavy atom. The predicted molar refractivity (Wildman–Crippen MR) is 145 cm³/mol. The standard InChI is InChI=1S/C27H18Cl2FN3O3S/c28-17-8-10-18(11-9-17)31-25(34)15-33-26(35)24(37-27(33)36)12-16-13-32(23-7-2-1-4-19(16)23)14-20-21(29)5-3-6-22(20)30/h1-13H,14-15H2,(H,31,34)/b24-12+. The number of benzene rings is 3. The van der Waals surface area contributed by atoms with Gasteiger partial charge in [0.25, 0.3) is 11.1 Å². The molecule has 6 nitrogen and oxygen atoms in total. The molecule has 1 aliphatic heterocycles. The van der Waals surface area contributed by atoms with Crippen LogP contribution in [0.1, 0.15) is 11.1 Å². The van der Waals surface area contributed by atoms with E-state index in [1.54, 1.807) is 48.7 Å². The highest BCUT2D eigenvalue weighted by molar-refractivity contribution is 8.18. The van der Waals surface area contributed by atoms with Crippen molar-refractivity contribution >= 4 is 74.7 Å². The maximum absolute atomic E-state index is 14.4. The van der Waals surface area contributed by atoms with E-state index in [1.165, 1.54) is 6.07 Å². The lowest BCUT2D eigenvalue weighted by Gasteiger charge is -2.12. The van der Waals surface area contributed by atoms with Gasteiger partial charge in [0.15, 0.2) is 0 Å². The first-order valence-electron chi connectivity index (χ1n) is 11.1. The number of halogens is 3. The number of nitrogens with zero attached hydrogens (tertiary/aromatic N) is 2. The number of imide groups is 1.